The van der Waals surface area contributed by atoms with Crippen molar-refractivity contribution < 1.29 is 13.2 Å². The summed E-state index contributed by atoms with van der Waals surface area (Å²) in [4.78, 5) is 11.7. The van der Waals surface area contributed by atoms with E-state index >= 15 is 0 Å². The van der Waals surface area contributed by atoms with Crippen molar-refractivity contribution in [3.63, 3.8) is 0 Å². The lowest BCUT2D eigenvalue weighted by Gasteiger charge is -2.30. The van der Waals surface area contributed by atoms with Crippen LogP contribution in [0.4, 0.5) is 5.95 Å². The summed E-state index contributed by atoms with van der Waals surface area (Å²) in [7, 11) is -1.99. The third-order valence-corrected chi connectivity index (χ3v) is 7.08. The van der Waals surface area contributed by atoms with Crippen LogP contribution in [0.3, 0.4) is 0 Å². The molecule has 2 aliphatic rings. The maximum Gasteiger partial charge on any atom is 0.243 e. The summed E-state index contributed by atoms with van der Waals surface area (Å²) in [5.74, 6) is 1.41. The van der Waals surface area contributed by atoms with Crippen molar-refractivity contribution in [2.45, 2.75) is 37.1 Å². The van der Waals surface area contributed by atoms with Gasteiger partial charge in [0.25, 0.3) is 0 Å². The van der Waals surface area contributed by atoms with Gasteiger partial charge in [-0.05, 0) is 43.5 Å². The number of hydrogen-bond donors (Lipinski definition) is 0. The zero-order valence-electron chi connectivity index (χ0n) is 15.5. The first-order chi connectivity index (χ1) is 13.1. The third-order valence-electron chi connectivity index (χ3n) is 5.22. The quantitative estimate of drug-likeness (QED) is 0.799. The van der Waals surface area contributed by atoms with E-state index in [0.29, 0.717) is 25.3 Å². The summed E-state index contributed by atoms with van der Waals surface area (Å²) >= 11 is 0. The van der Waals surface area contributed by atoms with Gasteiger partial charge in [0.1, 0.15) is 5.75 Å². The molecule has 3 heterocycles. The van der Waals surface area contributed by atoms with E-state index in [1.807, 2.05) is 0 Å². The third kappa shape index (κ3) is 3.64. The fourth-order valence-electron chi connectivity index (χ4n) is 3.63. The topological polar surface area (TPSA) is 75.6 Å². The number of sulfonamides is 1. The maximum atomic E-state index is 12.9. The Labute approximate surface area is 160 Å². The zero-order valence-corrected chi connectivity index (χ0v) is 16.3. The van der Waals surface area contributed by atoms with Gasteiger partial charge in [-0.1, -0.05) is 0 Å². The molecule has 0 N–H and O–H groups in total. The number of piperidine rings is 1. The van der Waals surface area contributed by atoms with Gasteiger partial charge in [-0.3, -0.25) is 0 Å². The molecule has 0 radical (unpaired) electrons. The number of anilines is 1. The van der Waals surface area contributed by atoms with E-state index in [0.717, 1.165) is 30.3 Å². The molecule has 0 spiro atoms. The van der Waals surface area contributed by atoms with Gasteiger partial charge < -0.3 is 9.64 Å². The van der Waals surface area contributed by atoms with Crippen LogP contribution in [0.5, 0.6) is 5.75 Å². The van der Waals surface area contributed by atoms with E-state index in [2.05, 4.69) is 9.88 Å². The molecule has 7 nitrogen and oxygen atoms in total. The highest BCUT2D eigenvalue weighted by Gasteiger charge is 2.29. The molecule has 1 saturated heterocycles. The highest BCUT2D eigenvalue weighted by Crippen LogP contribution is 2.26. The van der Waals surface area contributed by atoms with Crippen molar-refractivity contribution in [2.75, 3.05) is 31.6 Å². The van der Waals surface area contributed by atoms with E-state index in [4.69, 9.17) is 9.72 Å². The molecule has 0 bridgehead atoms. The summed E-state index contributed by atoms with van der Waals surface area (Å²) < 4.78 is 32.5. The molecule has 0 atom stereocenters. The lowest BCUT2D eigenvalue weighted by atomic mass is 10.1. The lowest BCUT2D eigenvalue weighted by molar-refractivity contribution is 0.386. The van der Waals surface area contributed by atoms with Crippen molar-refractivity contribution in [3.05, 3.63) is 41.7 Å². The molecule has 1 aromatic heterocycles. The summed E-state index contributed by atoms with van der Waals surface area (Å²) in [5.41, 5.74) is 1.85. The standard InChI is InChI=1S/C19H24N4O3S/c1-26-16-5-7-17(8-6-16)27(24,25)23-12-9-18-15(14-23)13-20-19(21-18)22-10-3-2-4-11-22/h5-8,13H,2-4,9-12,14H2,1H3. The van der Waals surface area contributed by atoms with Gasteiger partial charge in [0.15, 0.2) is 0 Å². The van der Waals surface area contributed by atoms with Crippen LogP contribution in [-0.2, 0) is 23.0 Å². The second-order valence-corrected chi connectivity index (χ2v) is 8.89. The van der Waals surface area contributed by atoms with Crippen molar-refractivity contribution in [2.24, 2.45) is 0 Å². The Bertz CT molecular complexity index is 909. The Morgan fingerprint density at radius 1 is 1.04 bits per heavy atom. The van der Waals surface area contributed by atoms with Gasteiger partial charge in [0.05, 0.1) is 17.7 Å². The van der Waals surface area contributed by atoms with Crippen LogP contribution in [0.25, 0.3) is 0 Å². The number of benzene rings is 1. The maximum absolute atomic E-state index is 12.9. The summed E-state index contributed by atoms with van der Waals surface area (Å²) in [5, 5.41) is 0. The number of nitrogens with zero attached hydrogens (tertiary/aromatic N) is 4. The second-order valence-electron chi connectivity index (χ2n) is 6.95. The molecule has 27 heavy (non-hydrogen) atoms. The van der Waals surface area contributed by atoms with Crippen LogP contribution in [-0.4, -0.2) is 49.4 Å². The van der Waals surface area contributed by atoms with E-state index in [9.17, 15) is 8.42 Å². The molecule has 0 unspecified atom stereocenters. The summed E-state index contributed by atoms with van der Waals surface area (Å²) in [6.45, 7) is 2.73. The van der Waals surface area contributed by atoms with Gasteiger partial charge in [-0.2, -0.15) is 4.31 Å². The van der Waals surface area contributed by atoms with Crippen molar-refractivity contribution >= 4 is 16.0 Å². The average molecular weight is 388 g/mol. The SMILES string of the molecule is COc1ccc(S(=O)(=O)N2CCc3nc(N4CCCCC4)ncc3C2)cc1. The molecular formula is C19H24N4O3S. The number of fused-ring (bicyclic) bond motifs is 1. The number of ether oxygens (including phenoxy) is 1. The predicted molar refractivity (Wildman–Crippen MR) is 102 cm³/mol. The van der Waals surface area contributed by atoms with Crippen LogP contribution in [0, 0.1) is 0 Å². The van der Waals surface area contributed by atoms with Crippen LogP contribution in [0.1, 0.15) is 30.5 Å². The molecule has 0 aliphatic carbocycles. The Kier molecular flexibility index (Phi) is 5.01. The summed E-state index contributed by atoms with van der Waals surface area (Å²) in [6.07, 6.45) is 6.01. The molecule has 0 amide bonds. The number of hydrogen-bond acceptors (Lipinski definition) is 6. The predicted octanol–water partition coefficient (Wildman–Crippen LogP) is 2.22. The van der Waals surface area contributed by atoms with E-state index in [-0.39, 0.29) is 4.90 Å². The summed E-state index contributed by atoms with van der Waals surface area (Å²) in [6, 6.07) is 6.50. The minimum atomic E-state index is -3.55. The molecule has 144 valence electrons. The van der Waals surface area contributed by atoms with Crippen molar-refractivity contribution in [1.29, 1.82) is 0 Å². The molecule has 2 aliphatic heterocycles. The first-order valence-electron chi connectivity index (χ1n) is 9.32. The van der Waals surface area contributed by atoms with E-state index < -0.39 is 10.0 Å². The van der Waals surface area contributed by atoms with Gasteiger partial charge in [-0.15, -0.1) is 0 Å². The fraction of sp³-hybridized carbons (Fsp3) is 0.474. The van der Waals surface area contributed by atoms with Crippen LogP contribution in [0.15, 0.2) is 35.4 Å². The number of methoxy groups -OCH3 is 1. The van der Waals surface area contributed by atoms with Crippen molar-refractivity contribution in [3.8, 4) is 5.75 Å². The Hall–Kier alpha value is -2.19. The zero-order chi connectivity index (χ0) is 18.9. The fourth-order valence-corrected chi connectivity index (χ4v) is 5.05. The normalized spacial score (nSPS) is 18.2. The highest BCUT2D eigenvalue weighted by molar-refractivity contribution is 7.89. The largest absolute Gasteiger partial charge is 0.497 e. The molecule has 1 fully saturated rings. The highest BCUT2D eigenvalue weighted by atomic mass is 32.2. The molecule has 1 aromatic carbocycles. The first-order valence-corrected chi connectivity index (χ1v) is 10.8. The monoisotopic (exact) mass is 388 g/mol. The van der Waals surface area contributed by atoms with Crippen LogP contribution in [0.2, 0.25) is 0 Å². The number of aromatic nitrogens is 2. The Morgan fingerprint density at radius 3 is 2.48 bits per heavy atom. The van der Waals surface area contributed by atoms with Crippen LogP contribution >= 0.6 is 0 Å². The molecular weight excluding hydrogens is 364 g/mol. The number of rotatable bonds is 4. The average Bonchev–Trinajstić information content (AvgIpc) is 2.73. The lowest BCUT2D eigenvalue weighted by Crippen LogP contribution is -2.37. The van der Waals surface area contributed by atoms with Gasteiger partial charge in [0, 0.05) is 44.4 Å². The van der Waals surface area contributed by atoms with Gasteiger partial charge in [-0.25, -0.2) is 18.4 Å². The first kappa shape index (κ1) is 18.2. The van der Waals surface area contributed by atoms with Gasteiger partial charge in [0.2, 0.25) is 16.0 Å². The van der Waals surface area contributed by atoms with E-state index in [1.165, 1.54) is 23.6 Å². The molecule has 2 aromatic rings. The second kappa shape index (κ2) is 7.44. The molecule has 0 saturated carbocycles. The van der Waals surface area contributed by atoms with Crippen molar-refractivity contribution in [1.82, 2.24) is 14.3 Å². The van der Waals surface area contributed by atoms with Gasteiger partial charge >= 0.3 is 0 Å². The Balaban J connectivity index is 1.53. The van der Waals surface area contributed by atoms with Crippen LogP contribution < -0.4 is 9.64 Å². The minimum absolute atomic E-state index is 0.276. The molecule has 4 rings (SSSR count). The van der Waals surface area contributed by atoms with E-state index in [1.54, 1.807) is 37.6 Å². The minimum Gasteiger partial charge on any atom is -0.497 e. The Morgan fingerprint density at radius 2 is 1.78 bits per heavy atom. The smallest absolute Gasteiger partial charge is 0.243 e. The molecule has 8 heteroatoms.